The lowest BCUT2D eigenvalue weighted by molar-refractivity contribution is -0.139. The molecule has 1 fully saturated rings. The van der Waals surface area contributed by atoms with E-state index in [1.807, 2.05) is 20.8 Å². The molecule has 2 heterocycles. The van der Waals surface area contributed by atoms with Gasteiger partial charge in [0.1, 0.15) is 23.1 Å². The fourth-order valence-corrected chi connectivity index (χ4v) is 7.17. The molecule has 1 unspecified atom stereocenters. The number of amides is 3. The van der Waals surface area contributed by atoms with Gasteiger partial charge in [-0.05, 0) is 53.8 Å². The lowest BCUT2D eigenvalue weighted by Gasteiger charge is -2.40. The largest absolute Gasteiger partial charge is 0.480 e. The Morgan fingerprint density at radius 3 is 2.32 bits per heavy atom. The van der Waals surface area contributed by atoms with Gasteiger partial charge >= 0.3 is 5.97 Å². The number of hydrogen-bond acceptors (Lipinski definition) is 5. The smallest absolute Gasteiger partial charge is 0.327 e. The highest BCUT2D eigenvalue weighted by Gasteiger charge is 2.70. The summed E-state index contributed by atoms with van der Waals surface area (Å²) in [5.41, 5.74) is 7.55. The molecule has 1 spiro atoms. The number of benzene rings is 3. The summed E-state index contributed by atoms with van der Waals surface area (Å²) in [6.45, 7) is 5.47. The number of rotatable bonds is 6. The molecule has 4 atom stereocenters. The monoisotopic (exact) mass is 644 g/mol. The number of nitrogens with zero attached hydrogens (tertiary/aromatic N) is 1. The van der Waals surface area contributed by atoms with E-state index in [0.717, 1.165) is 6.07 Å². The van der Waals surface area contributed by atoms with Gasteiger partial charge in [-0.15, -0.1) is 0 Å². The SMILES string of the molecule is CC(C)(C)C[C@H]1N(c2cc(C(N)=O)ccc2C(N)=O)[C@H](C(=O)O)[C@@H](c2cccc(Cl)c2F)C12C(=O)Nc1cc(Cl)cc(F)c12. The number of primary amides is 2. The van der Waals surface area contributed by atoms with E-state index in [9.17, 15) is 24.3 Å². The summed E-state index contributed by atoms with van der Waals surface area (Å²) in [6.07, 6.45) is 0.0173. The molecule has 0 bridgehead atoms. The average molecular weight is 645 g/mol. The Bertz CT molecular complexity index is 1760. The molecule has 2 aliphatic heterocycles. The van der Waals surface area contributed by atoms with Crippen LogP contribution >= 0.6 is 23.2 Å². The van der Waals surface area contributed by atoms with Gasteiger partial charge < -0.3 is 26.8 Å². The van der Waals surface area contributed by atoms with Gasteiger partial charge in [0.05, 0.1) is 16.3 Å². The van der Waals surface area contributed by atoms with Crippen molar-refractivity contribution >= 4 is 58.3 Å². The second-order valence-electron chi connectivity index (χ2n) is 12.2. The zero-order chi connectivity index (χ0) is 32.5. The van der Waals surface area contributed by atoms with Crippen molar-refractivity contribution in [1.29, 1.82) is 0 Å². The third-order valence-corrected chi connectivity index (χ3v) is 8.77. The van der Waals surface area contributed by atoms with Crippen molar-refractivity contribution in [2.24, 2.45) is 16.9 Å². The maximum absolute atomic E-state index is 16.2. The van der Waals surface area contributed by atoms with E-state index in [0.29, 0.717) is 0 Å². The van der Waals surface area contributed by atoms with Gasteiger partial charge in [-0.25, -0.2) is 13.6 Å². The molecule has 0 aliphatic carbocycles. The Labute approximate surface area is 261 Å². The van der Waals surface area contributed by atoms with Crippen molar-refractivity contribution in [3.8, 4) is 0 Å². The third-order valence-electron chi connectivity index (χ3n) is 8.26. The summed E-state index contributed by atoms with van der Waals surface area (Å²) in [4.78, 5) is 54.2. The van der Waals surface area contributed by atoms with Crippen LogP contribution in [0.1, 0.15) is 65.0 Å². The van der Waals surface area contributed by atoms with Gasteiger partial charge in [0.2, 0.25) is 11.8 Å². The van der Waals surface area contributed by atoms with Crippen LogP contribution in [0.3, 0.4) is 0 Å². The fourth-order valence-electron chi connectivity index (χ4n) is 6.78. The quantitative estimate of drug-likeness (QED) is 0.288. The predicted molar refractivity (Wildman–Crippen MR) is 161 cm³/mol. The predicted octanol–water partition coefficient (Wildman–Crippen LogP) is 5.22. The minimum absolute atomic E-state index is 0.0154. The first-order chi connectivity index (χ1) is 20.5. The van der Waals surface area contributed by atoms with E-state index in [1.54, 1.807) is 0 Å². The second-order valence-corrected chi connectivity index (χ2v) is 13.0. The Hall–Kier alpha value is -4.22. The number of carbonyl (C=O) groups is 4. The molecule has 3 amide bonds. The number of nitrogens with two attached hydrogens (primary N) is 2. The van der Waals surface area contributed by atoms with Crippen molar-refractivity contribution < 1.29 is 33.1 Å². The number of nitrogens with one attached hydrogen (secondary N) is 1. The van der Waals surface area contributed by atoms with Gasteiger partial charge in [-0.2, -0.15) is 0 Å². The highest BCUT2D eigenvalue weighted by molar-refractivity contribution is 6.31. The maximum atomic E-state index is 16.2. The van der Waals surface area contributed by atoms with Crippen LogP contribution in [0.2, 0.25) is 10.0 Å². The molecule has 2 aliphatic rings. The van der Waals surface area contributed by atoms with Crippen LogP contribution in [0, 0.1) is 17.0 Å². The summed E-state index contributed by atoms with van der Waals surface area (Å²) < 4.78 is 32.3. The lowest BCUT2D eigenvalue weighted by atomic mass is 9.62. The van der Waals surface area contributed by atoms with Crippen LogP contribution in [-0.2, 0) is 15.0 Å². The van der Waals surface area contributed by atoms with Crippen molar-refractivity contribution in [2.75, 3.05) is 10.2 Å². The Morgan fingerprint density at radius 2 is 1.73 bits per heavy atom. The fraction of sp³-hybridized carbons (Fsp3) is 0.290. The first-order valence-electron chi connectivity index (χ1n) is 13.5. The molecule has 0 saturated carbocycles. The molecular formula is C31H28Cl2F2N4O5. The van der Waals surface area contributed by atoms with Gasteiger partial charge in [0, 0.05) is 33.8 Å². The van der Waals surface area contributed by atoms with Crippen LogP contribution < -0.4 is 21.7 Å². The third kappa shape index (κ3) is 4.75. The first kappa shape index (κ1) is 31.2. The van der Waals surface area contributed by atoms with E-state index >= 15 is 8.78 Å². The molecule has 0 radical (unpaired) electrons. The number of carboxylic acid groups (broad SMARTS) is 1. The van der Waals surface area contributed by atoms with E-state index in [-0.39, 0.29) is 50.1 Å². The zero-order valence-electron chi connectivity index (χ0n) is 23.8. The van der Waals surface area contributed by atoms with Crippen LogP contribution in [0.4, 0.5) is 20.2 Å². The number of anilines is 2. The second kappa shape index (κ2) is 10.7. The number of aliphatic carboxylic acids is 1. The number of carboxylic acids is 1. The Kier molecular flexibility index (Phi) is 7.62. The minimum Gasteiger partial charge on any atom is -0.480 e. The summed E-state index contributed by atoms with van der Waals surface area (Å²) in [5.74, 6) is -7.76. The van der Waals surface area contributed by atoms with E-state index in [1.165, 1.54) is 47.4 Å². The number of carbonyl (C=O) groups excluding carboxylic acids is 3. The molecule has 0 aromatic heterocycles. The summed E-state index contributed by atoms with van der Waals surface area (Å²) in [5, 5.41) is 13.2. The van der Waals surface area contributed by atoms with E-state index in [2.05, 4.69) is 5.32 Å². The van der Waals surface area contributed by atoms with Gasteiger partial charge in [-0.3, -0.25) is 14.4 Å². The van der Waals surface area contributed by atoms with Crippen molar-refractivity contribution in [1.82, 2.24) is 0 Å². The zero-order valence-corrected chi connectivity index (χ0v) is 25.3. The Balaban J connectivity index is 2.00. The van der Waals surface area contributed by atoms with Crippen molar-refractivity contribution in [3.63, 3.8) is 0 Å². The molecular weight excluding hydrogens is 617 g/mol. The molecule has 5 rings (SSSR count). The standard InChI is InChI=1S/C31H28Cl2F2N4O5/c1-30(2,3)12-21-31(23-18(34)10-14(32)11-19(23)38-29(31)44)22(16-5-4-6-17(33)24(16)35)25(28(42)43)39(21)20-9-13(26(36)40)7-8-15(20)27(37)41/h4-11,21-22,25H,12H2,1-3H3,(H2,36,40)(H2,37,41)(H,38,44)(H,42,43)/t21-,22-,25+,31?/m1/s1. The molecule has 13 heteroatoms. The number of fused-ring (bicyclic) bond motifs is 2. The summed E-state index contributed by atoms with van der Waals surface area (Å²) >= 11 is 12.3. The minimum atomic E-state index is -2.12. The molecule has 3 aromatic rings. The van der Waals surface area contributed by atoms with E-state index < -0.39 is 64.2 Å². The molecule has 230 valence electrons. The van der Waals surface area contributed by atoms with Crippen molar-refractivity contribution in [2.45, 2.75) is 50.6 Å². The highest BCUT2D eigenvalue weighted by Crippen LogP contribution is 2.62. The Morgan fingerprint density at radius 1 is 1.05 bits per heavy atom. The average Bonchev–Trinajstić information content (AvgIpc) is 3.36. The van der Waals surface area contributed by atoms with Crippen LogP contribution in [0.25, 0.3) is 0 Å². The maximum Gasteiger partial charge on any atom is 0.327 e. The number of hydrogen-bond donors (Lipinski definition) is 4. The van der Waals surface area contributed by atoms with Gasteiger partial charge in [0.15, 0.2) is 0 Å². The normalized spacial score (nSPS) is 22.7. The molecule has 6 N–H and O–H groups in total. The lowest BCUT2D eigenvalue weighted by Crippen LogP contribution is -2.51. The van der Waals surface area contributed by atoms with Gasteiger partial charge in [0.25, 0.3) is 5.91 Å². The van der Waals surface area contributed by atoms with Crippen LogP contribution in [-0.4, -0.2) is 40.9 Å². The van der Waals surface area contributed by atoms with E-state index in [4.69, 9.17) is 34.7 Å². The summed E-state index contributed by atoms with van der Waals surface area (Å²) in [7, 11) is 0. The topological polar surface area (TPSA) is 156 Å². The number of halogens is 4. The highest BCUT2D eigenvalue weighted by atomic mass is 35.5. The molecule has 44 heavy (non-hydrogen) atoms. The molecule has 1 saturated heterocycles. The summed E-state index contributed by atoms with van der Waals surface area (Å²) in [6, 6.07) is 6.84. The van der Waals surface area contributed by atoms with Crippen LogP contribution in [0.15, 0.2) is 48.5 Å². The van der Waals surface area contributed by atoms with Crippen molar-refractivity contribution in [3.05, 3.63) is 92.5 Å². The van der Waals surface area contributed by atoms with Gasteiger partial charge in [-0.1, -0.05) is 56.1 Å². The molecule has 3 aromatic carbocycles. The first-order valence-corrected chi connectivity index (χ1v) is 14.3. The molecule has 9 nitrogen and oxygen atoms in total. The van der Waals surface area contributed by atoms with Crippen LogP contribution in [0.5, 0.6) is 0 Å².